The number of hydrogen-bond acceptors (Lipinski definition) is 6. The number of piperidine rings is 1. The number of phenols is 1. The van der Waals surface area contributed by atoms with E-state index < -0.39 is 45.1 Å². The third-order valence-corrected chi connectivity index (χ3v) is 10.8. The normalized spacial score (nSPS) is 21.2. The molecule has 4 aliphatic rings. The van der Waals surface area contributed by atoms with Gasteiger partial charge in [-0.2, -0.15) is 13.2 Å². The maximum absolute atomic E-state index is 14.0. The number of hydroxylamine groups is 3. The number of nitrogens with one attached hydrogen (secondary N) is 2. The molecule has 16 heteroatoms. The second kappa shape index (κ2) is 14.8. The Morgan fingerprint density at radius 2 is 1.72 bits per heavy atom. The number of para-hydroxylation sites is 1. The minimum Gasteiger partial charge on any atom is -0.632 e. The molecule has 0 aliphatic carbocycles. The SMILES string of the molecule is O=C(N[C@H](Cc1cc(Cl)c(O)c(C(F)(F)F)c1)C(=O)N1CC[N+]([O-])(C2CCOCC2)CC1)N1CCC(N2CCc3ccccc3NC2=O)CC1. The van der Waals surface area contributed by atoms with Crippen LogP contribution in [-0.2, 0) is 28.5 Å². The van der Waals surface area contributed by atoms with Crippen molar-refractivity contribution >= 4 is 35.3 Å². The van der Waals surface area contributed by atoms with Gasteiger partial charge in [-0.15, -0.1) is 0 Å². The zero-order valence-electron chi connectivity index (χ0n) is 27.6. The van der Waals surface area contributed by atoms with Gasteiger partial charge in [0.1, 0.15) is 11.8 Å². The van der Waals surface area contributed by atoms with Gasteiger partial charge >= 0.3 is 18.2 Å². The number of rotatable bonds is 6. The number of carbonyl (C=O) groups is 3. The fourth-order valence-corrected chi connectivity index (χ4v) is 7.79. The van der Waals surface area contributed by atoms with Crippen LogP contribution in [0.4, 0.5) is 28.4 Å². The van der Waals surface area contributed by atoms with Crippen molar-refractivity contribution in [2.45, 2.75) is 62.8 Å². The lowest BCUT2D eigenvalue weighted by Crippen LogP contribution is -2.64. The molecule has 2 aromatic carbocycles. The lowest BCUT2D eigenvalue weighted by Gasteiger charge is -2.54. The first kappa shape index (κ1) is 36.0. The molecule has 0 radical (unpaired) electrons. The zero-order valence-corrected chi connectivity index (χ0v) is 28.3. The number of piperazine rings is 1. The fraction of sp³-hybridized carbons (Fsp3) is 0.559. The Labute approximate surface area is 293 Å². The van der Waals surface area contributed by atoms with Gasteiger partial charge in [0.15, 0.2) is 0 Å². The minimum atomic E-state index is -4.91. The second-order valence-corrected chi connectivity index (χ2v) is 13.9. The Balaban J connectivity index is 1.14. The van der Waals surface area contributed by atoms with Gasteiger partial charge in [0.05, 0.1) is 56.0 Å². The number of likely N-dealkylation sites (tertiary alicyclic amines) is 1. The number of amides is 5. The van der Waals surface area contributed by atoms with Gasteiger partial charge in [0, 0.05) is 50.6 Å². The molecule has 0 unspecified atom stereocenters. The Kier molecular flexibility index (Phi) is 10.7. The number of hydrogen-bond donors (Lipinski definition) is 3. The van der Waals surface area contributed by atoms with Crippen LogP contribution in [0.1, 0.15) is 42.4 Å². The summed E-state index contributed by atoms with van der Waals surface area (Å²) in [6.45, 7) is 2.70. The summed E-state index contributed by atoms with van der Waals surface area (Å²) in [5.74, 6) is -1.64. The zero-order chi connectivity index (χ0) is 35.6. The quantitative estimate of drug-likeness (QED) is 0.295. The van der Waals surface area contributed by atoms with Crippen molar-refractivity contribution in [3.63, 3.8) is 0 Å². The Bertz CT molecular complexity index is 1570. The Hall–Kier alpha value is -3.79. The van der Waals surface area contributed by atoms with Crippen molar-refractivity contribution in [2.24, 2.45) is 0 Å². The predicted octanol–water partition coefficient (Wildman–Crippen LogP) is 4.58. The molecule has 3 fully saturated rings. The molecule has 4 aliphatic heterocycles. The molecule has 50 heavy (non-hydrogen) atoms. The number of nitrogens with zero attached hydrogens (tertiary/aromatic N) is 4. The third-order valence-electron chi connectivity index (χ3n) is 10.5. The molecule has 5 amide bonds. The van der Waals surface area contributed by atoms with Crippen LogP contribution >= 0.6 is 11.6 Å². The highest BCUT2D eigenvalue weighted by atomic mass is 35.5. The minimum absolute atomic E-state index is 0.00109. The van der Waals surface area contributed by atoms with Crippen LogP contribution in [0.2, 0.25) is 5.02 Å². The Morgan fingerprint density at radius 1 is 1.04 bits per heavy atom. The monoisotopic (exact) mass is 722 g/mol. The second-order valence-electron chi connectivity index (χ2n) is 13.5. The van der Waals surface area contributed by atoms with E-state index >= 15 is 0 Å². The van der Waals surface area contributed by atoms with Crippen LogP contribution in [0, 0.1) is 5.21 Å². The van der Waals surface area contributed by atoms with Crippen LogP contribution < -0.4 is 10.6 Å². The molecular formula is C34H42ClF3N6O6. The molecule has 2 aromatic rings. The highest BCUT2D eigenvalue weighted by molar-refractivity contribution is 6.32. The summed E-state index contributed by atoms with van der Waals surface area (Å²) in [6, 6.07) is 7.23. The maximum atomic E-state index is 14.0. The smallest absolute Gasteiger partial charge is 0.420 e. The first-order chi connectivity index (χ1) is 23.8. The van der Waals surface area contributed by atoms with E-state index in [1.807, 2.05) is 24.3 Å². The van der Waals surface area contributed by atoms with Gasteiger partial charge in [-0.1, -0.05) is 29.8 Å². The average molecular weight is 723 g/mol. The van der Waals surface area contributed by atoms with E-state index in [1.54, 1.807) is 4.90 Å². The molecule has 12 nitrogen and oxygen atoms in total. The Morgan fingerprint density at radius 3 is 2.40 bits per heavy atom. The third kappa shape index (κ3) is 7.90. The average Bonchev–Trinajstić information content (AvgIpc) is 3.27. The predicted molar refractivity (Wildman–Crippen MR) is 178 cm³/mol. The van der Waals surface area contributed by atoms with Gasteiger partial charge in [-0.3, -0.25) is 4.79 Å². The van der Waals surface area contributed by atoms with Gasteiger partial charge in [0.25, 0.3) is 0 Å². The lowest BCUT2D eigenvalue weighted by atomic mass is 10.00. The van der Waals surface area contributed by atoms with Crippen molar-refractivity contribution in [3.8, 4) is 5.75 Å². The van der Waals surface area contributed by atoms with Gasteiger partial charge in [-0.25, -0.2) is 9.59 Å². The van der Waals surface area contributed by atoms with Gasteiger partial charge in [0.2, 0.25) is 5.91 Å². The fourth-order valence-electron chi connectivity index (χ4n) is 7.55. The molecule has 3 saturated heterocycles. The molecule has 0 aromatic heterocycles. The van der Waals surface area contributed by atoms with Crippen LogP contribution in [0.25, 0.3) is 0 Å². The van der Waals surface area contributed by atoms with E-state index in [1.165, 1.54) is 9.80 Å². The van der Waals surface area contributed by atoms with Gasteiger partial charge < -0.3 is 45.0 Å². The first-order valence-electron chi connectivity index (χ1n) is 17.1. The van der Waals surface area contributed by atoms with Crippen molar-refractivity contribution < 1.29 is 42.0 Å². The standard InChI is InChI=1S/C34H42ClF3N6O6/c35-27-20-22(19-26(30(27)45)34(36,37)38)21-29(31(46)41-13-15-44(49,16-14-41)25-8-17-50-18-9-25)40-32(47)42-10-6-24(7-11-42)43-12-5-23-3-1-2-4-28(23)39-33(43)48/h1-4,19-20,24-25,29,45H,5-18,21H2,(H,39,48)(H,40,47)/t29-/m1/s1. The van der Waals surface area contributed by atoms with Crippen molar-refractivity contribution in [1.29, 1.82) is 0 Å². The summed E-state index contributed by atoms with van der Waals surface area (Å²) in [7, 11) is 0. The number of phenolic OH excluding ortho intramolecular Hbond substituents is 1. The van der Waals surface area contributed by atoms with E-state index in [0.717, 1.165) is 23.4 Å². The highest BCUT2D eigenvalue weighted by Gasteiger charge is 2.40. The van der Waals surface area contributed by atoms with Crippen LogP contribution in [-0.4, -0.2) is 120 Å². The molecule has 4 heterocycles. The van der Waals surface area contributed by atoms with Crippen molar-refractivity contribution in [3.05, 3.63) is 63.3 Å². The summed E-state index contributed by atoms with van der Waals surface area (Å²) in [5.41, 5.74) is 0.481. The molecule has 3 N–H and O–H groups in total. The topological polar surface area (TPSA) is 138 Å². The number of quaternary nitrogens is 1. The number of carbonyl (C=O) groups excluding carboxylic acids is 3. The molecule has 272 valence electrons. The highest BCUT2D eigenvalue weighted by Crippen LogP contribution is 2.40. The number of anilines is 1. The molecule has 0 bridgehead atoms. The summed E-state index contributed by atoms with van der Waals surface area (Å²) in [5, 5.41) is 28.8. The first-order valence-corrected chi connectivity index (χ1v) is 17.4. The van der Waals surface area contributed by atoms with Crippen LogP contribution in [0.5, 0.6) is 5.75 Å². The van der Waals surface area contributed by atoms with Crippen LogP contribution in [0.15, 0.2) is 36.4 Å². The van der Waals surface area contributed by atoms with Gasteiger partial charge in [-0.05, 0) is 48.6 Å². The molecule has 0 saturated carbocycles. The van der Waals surface area contributed by atoms with E-state index in [4.69, 9.17) is 16.3 Å². The summed E-state index contributed by atoms with van der Waals surface area (Å²) < 4.78 is 46.1. The molecule has 0 spiro atoms. The molecule has 6 rings (SSSR count). The largest absolute Gasteiger partial charge is 0.632 e. The number of ether oxygens (including phenoxy) is 1. The number of fused-ring (bicyclic) bond motifs is 1. The van der Waals surface area contributed by atoms with E-state index in [0.29, 0.717) is 65.0 Å². The number of urea groups is 2. The van der Waals surface area contributed by atoms with Crippen molar-refractivity contribution in [2.75, 3.05) is 64.3 Å². The summed E-state index contributed by atoms with van der Waals surface area (Å²) in [4.78, 5) is 45.5. The van der Waals surface area contributed by atoms with Crippen LogP contribution in [0.3, 0.4) is 0 Å². The number of halogens is 4. The van der Waals surface area contributed by atoms with E-state index in [2.05, 4.69) is 10.6 Å². The maximum Gasteiger partial charge on any atom is 0.420 e. The number of benzene rings is 2. The summed E-state index contributed by atoms with van der Waals surface area (Å²) in [6.07, 6.45) is -2.28. The molecular weight excluding hydrogens is 681 g/mol. The van der Waals surface area contributed by atoms with E-state index in [9.17, 15) is 37.9 Å². The lowest BCUT2D eigenvalue weighted by molar-refractivity contribution is -0.910. The van der Waals surface area contributed by atoms with Crippen molar-refractivity contribution in [1.82, 2.24) is 20.0 Å². The number of aromatic hydroxyl groups is 1. The van der Waals surface area contributed by atoms with E-state index in [-0.39, 0.29) is 56.3 Å². The number of alkyl halides is 3. The molecule has 1 atom stereocenters. The summed E-state index contributed by atoms with van der Waals surface area (Å²) >= 11 is 5.97.